The van der Waals surface area contributed by atoms with Crippen LogP contribution in [0.25, 0.3) is 0 Å². The maximum absolute atomic E-state index is 12.1. The van der Waals surface area contributed by atoms with Gasteiger partial charge >= 0.3 is 0 Å². The number of halogens is 1. The third-order valence-electron chi connectivity index (χ3n) is 2.80. The lowest BCUT2D eigenvalue weighted by Crippen LogP contribution is -2.24. The summed E-state index contributed by atoms with van der Waals surface area (Å²) in [6, 6.07) is 12.0. The fourth-order valence-electron chi connectivity index (χ4n) is 1.75. The van der Waals surface area contributed by atoms with E-state index in [4.69, 9.17) is 11.6 Å². The Morgan fingerprint density at radius 3 is 2.48 bits per heavy atom. The third-order valence-corrected chi connectivity index (χ3v) is 4.58. The molecule has 0 spiro atoms. The zero-order chi connectivity index (χ0) is 16.9. The van der Waals surface area contributed by atoms with Crippen molar-refractivity contribution in [3.63, 3.8) is 0 Å². The first-order valence-electron chi connectivity index (χ1n) is 6.38. The molecule has 118 valence electrons. The molecular weight excluding hydrogens is 340 g/mol. The van der Waals surface area contributed by atoms with Gasteiger partial charge < -0.3 is 0 Å². The van der Waals surface area contributed by atoms with E-state index in [-0.39, 0.29) is 6.54 Å². The number of hydrogen-bond acceptors (Lipinski definition) is 4. The number of nitrogens with one attached hydrogen (secondary N) is 1. The Balaban J connectivity index is 2.15. The van der Waals surface area contributed by atoms with Gasteiger partial charge in [-0.2, -0.15) is 4.72 Å². The molecule has 0 aliphatic heterocycles. The minimum Gasteiger partial charge on any atom is -0.258 e. The van der Waals surface area contributed by atoms with Crippen LogP contribution in [0.4, 0.5) is 5.69 Å². The number of hydrogen-bond donors (Lipinski definition) is 1. The molecule has 2 rings (SSSR count). The van der Waals surface area contributed by atoms with Gasteiger partial charge in [0, 0.05) is 11.6 Å². The molecule has 2 aromatic rings. The summed E-state index contributed by atoms with van der Waals surface area (Å²) in [6.45, 7) is -0.195. The van der Waals surface area contributed by atoms with Crippen molar-refractivity contribution >= 4 is 27.3 Å². The Morgan fingerprint density at radius 1 is 1.13 bits per heavy atom. The Labute approximate surface area is 138 Å². The monoisotopic (exact) mass is 350 g/mol. The molecular formula is C15H11ClN2O4S. The molecule has 23 heavy (non-hydrogen) atoms. The van der Waals surface area contributed by atoms with Crippen LogP contribution in [0.1, 0.15) is 5.56 Å². The Kier molecular flexibility index (Phi) is 5.34. The Bertz CT molecular complexity index is 901. The normalized spacial score (nSPS) is 10.7. The van der Waals surface area contributed by atoms with Crippen molar-refractivity contribution in [1.29, 1.82) is 0 Å². The van der Waals surface area contributed by atoms with Crippen LogP contribution < -0.4 is 4.72 Å². The van der Waals surface area contributed by atoms with Crippen molar-refractivity contribution in [3.05, 3.63) is 69.2 Å². The van der Waals surface area contributed by atoms with Crippen LogP contribution in [-0.2, 0) is 10.0 Å². The van der Waals surface area contributed by atoms with E-state index < -0.39 is 25.5 Å². The van der Waals surface area contributed by atoms with E-state index in [0.717, 1.165) is 6.07 Å². The molecule has 0 unspecified atom stereocenters. The predicted octanol–water partition coefficient (Wildman–Crippen LogP) is 2.58. The van der Waals surface area contributed by atoms with E-state index in [0.29, 0.717) is 10.6 Å². The third kappa shape index (κ3) is 4.29. The average Bonchev–Trinajstić information content (AvgIpc) is 2.53. The smallest absolute Gasteiger partial charge is 0.258 e. The molecule has 8 heteroatoms. The van der Waals surface area contributed by atoms with Gasteiger partial charge in [-0.15, -0.1) is 0 Å². The second-order valence-electron chi connectivity index (χ2n) is 4.33. The number of benzene rings is 2. The zero-order valence-corrected chi connectivity index (χ0v) is 13.3. The van der Waals surface area contributed by atoms with E-state index in [2.05, 4.69) is 16.6 Å². The van der Waals surface area contributed by atoms with Gasteiger partial charge in [0.25, 0.3) is 5.69 Å². The topological polar surface area (TPSA) is 89.3 Å². The Hall–Kier alpha value is -2.40. The number of rotatable bonds is 4. The van der Waals surface area contributed by atoms with E-state index >= 15 is 0 Å². The highest BCUT2D eigenvalue weighted by atomic mass is 35.5. The highest BCUT2D eigenvalue weighted by Gasteiger charge is 2.24. The first-order valence-corrected chi connectivity index (χ1v) is 8.24. The second-order valence-corrected chi connectivity index (χ2v) is 6.47. The maximum atomic E-state index is 12.1. The SMILES string of the molecule is O=[N+]([O-])c1ccccc1S(=O)(=O)NCC#Cc1ccccc1Cl. The largest absolute Gasteiger partial charge is 0.289 e. The minimum absolute atomic E-state index is 0.195. The van der Waals surface area contributed by atoms with Gasteiger partial charge in [0.05, 0.1) is 16.5 Å². The Morgan fingerprint density at radius 2 is 1.78 bits per heavy atom. The van der Waals surface area contributed by atoms with Crippen LogP contribution in [0.15, 0.2) is 53.4 Å². The van der Waals surface area contributed by atoms with Crippen LogP contribution in [-0.4, -0.2) is 19.9 Å². The number of sulfonamides is 1. The quantitative estimate of drug-likeness (QED) is 0.521. The van der Waals surface area contributed by atoms with Gasteiger partial charge in [-0.05, 0) is 18.2 Å². The first kappa shape index (κ1) is 17.0. The summed E-state index contributed by atoms with van der Waals surface area (Å²) >= 11 is 5.93. The summed E-state index contributed by atoms with van der Waals surface area (Å²) < 4.78 is 26.5. The molecule has 0 saturated carbocycles. The van der Waals surface area contributed by atoms with E-state index in [1.165, 1.54) is 18.2 Å². The first-order chi connectivity index (χ1) is 10.9. The van der Waals surface area contributed by atoms with E-state index in [1.54, 1.807) is 24.3 Å². The van der Waals surface area contributed by atoms with Crippen molar-refractivity contribution in [3.8, 4) is 11.8 Å². The molecule has 1 N–H and O–H groups in total. The summed E-state index contributed by atoms with van der Waals surface area (Å²) in [5.41, 5.74) is 0.0816. The maximum Gasteiger partial charge on any atom is 0.289 e. The lowest BCUT2D eigenvalue weighted by atomic mass is 10.2. The van der Waals surface area contributed by atoms with E-state index in [1.807, 2.05) is 0 Å². The molecule has 0 saturated heterocycles. The van der Waals surface area contributed by atoms with Crippen molar-refractivity contribution in [2.24, 2.45) is 0 Å². The highest BCUT2D eigenvalue weighted by Crippen LogP contribution is 2.22. The number of nitro benzene ring substituents is 1. The van der Waals surface area contributed by atoms with Gasteiger partial charge in [-0.3, -0.25) is 10.1 Å². The molecule has 0 bridgehead atoms. The fourth-order valence-corrected chi connectivity index (χ4v) is 3.02. The molecule has 6 nitrogen and oxygen atoms in total. The van der Waals surface area contributed by atoms with Gasteiger partial charge in [0.2, 0.25) is 10.0 Å². The molecule has 0 fully saturated rings. The van der Waals surface area contributed by atoms with Crippen molar-refractivity contribution in [2.45, 2.75) is 4.90 Å². The summed E-state index contributed by atoms with van der Waals surface area (Å²) in [6.07, 6.45) is 0. The van der Waals surface area contributed by atoms with E-state index in [9.17, 15) is 18.5 Å². The summed E-state index contributed by atoms with van der Waals surface area (Å²) in [5, 5.41) is 11.4. The molecule has 0 aromatic heterocycles. The summed E-state index contributed by atoms with van der Waals surface area (Å²) in [5.74, 6) is 5.35. The van der Waals surface area contributed by atoms with Crippen LogP contribution >= 0.6 is 11.6 Å². The van der Waals surface area contributed by atoms with Crippen LogP contribution in [0.5, 0.6) is 0 Å². The average molecular weight is 351 g/mol. The molecule has 0 aliphatic carbocycles. The molecule has 0 amide bonds. The van der Waals surface area contributed by atoms with Crippen LogP contribution in [0, 0.1) is 22.0 Å². The molecule has 0 aliphatic rings. The number of nitrogens with zero attached hydrogens (tertiary/aromatic N) is 1. The van der Waals surface area contributed by atoms with Crippen molar-refractivity contribution in [1.82, 2.24) is 4.72 Å². The molecule has 0 heterocycles. The number of para-hydroxylation sites is 1. The van der Waals surface area contributed by atoms with Crippen molar-refractivity contribution < 1.29 is 13.3 Å². The van der Waals surface area contributed by atoms with Crippen LogP contribution in [0.2, 0.25) is 5.02 Å². The highest BCUT2D eigenvalue weighted by molar-refractivity contribution is 7.89. The zero-order valence-electron chi connectivity index (χ0n) is 11.7. The molecule has 0 atom stereocenters. The fraction of sp³-hybridized carbons (Fsp3) is 0.0667. The van der Waals surface area contributed by atoms with Gasteiger partial charge in [0.1, 0.15) is 0 Å². The summed E-state index contributed by atoms with van der Waals surface area (Å²) in [4.78, 5) is 9.75. The lowest BCUT2D eigenvalue weighted by molar-refractivity contribution is -0.387. The molecule has 0 radical (unpaired) electrons. The minimum atomic E-state index is -4.03. The number of nitro groups is 1. The van der Waals surface area contributed by atoms with Gasteiger partial charge in [0.15, 0.2) is 4.90 Å². The molecule has 2 aromatic carbocycles. The standard InChI is InChI=1S/C15H11ClN2O4S/c16-13-8-2-1-6-12(13)7-5-11-17-23(21,22)15-10-4-3-9-14(15)18(19)20/h1-4,6,8-10,17H,11H2. The summed E-state index contributed by atoms with van der Waals surface area (Å²) in [7, 11) is -4.03. The predicted molar refractivity (Wildman–Crippen MR) is 86.6 cm³/mol. The van der Waals surface area contributed by atoms with Gasteiger partial charge in [-0.1, -0.05) is 47.7 Å². The van der Waals surface area contributed by atoms with Crippen LogP contribution in [0.3, 0.4) is 0 Å². The lowest BCUT2D eigenvalue weighted by Gasteiger charge is -2.04. The van der Waals surface area contributed by atoms with Gasteiger partial charge in [-0.25, -0.2) is 8.42 Å². The second kappa shape index (κ2) is 7.24. The van der Waals surface area contributed by atoms with Crippen molar-refractivity contribution in [2.75, 3.05) is 6.54 Å².